The summed E-state index contributed by atoms with van der Waals surface area (Å²) in [5.41, 5.74) is 1.05. The minimum Gasteiger partial charge on any atom is -0.459 e. The van der Waals surface area contributed by atoms with Crippen LogP contribution in [0, 0.1) is 0 Å². The van der Waals surface area contributed by atoms with E-state index in [1.807, 2.05) is 0 Å². The molecule has 0 bridgehead atoms. The summed E-state index contributed by atoms with van der Waals surface area (Å²) < 4.78 is 5.05. The van der Waals surface area contributed by atoms with Gasteiger partial charge in [0.25, 0.3) is 11.8 Å². The first-order valence-electron chi connectivity index (χ1n) is 7.24. The van der Waals surface area contributed by atoms with Gasteiger partial charge >= 0.3 is 0 Å². The molecule has 3 rings (SSSR count). The Morgan fingerprint density at radius 2 is 1.64 bits per heavy atom. The maximum absolute atomic E-state index is 12.6. The zero-order chi connectivity index (χ0) is 17.8. The summed E-state index contributed by atoms with van der Waals surface area (Å²) in [6.45, 7) is 0. The monoisotopic (exact) mass is 374 g/mol. The lowest BCUT2D eigenvalue weighted by atomic mass is 10.1. The highest BCUT2D eigenvalue weighted by Crippen LogP contribution is 2.23. The second kappa shape index (κ2) is 7.42. The molecule has 1 heterocycles. The summed E-state index contributed by atoms with van der Waals surface area (Å²) in [4.78, 5) is 24.7. The Kier molecular flexibility index (Phi) is 5.07. The zero-order valence-electron chi connectivity index (χ0n) is 12.8. The molecule has 0 aliphatic heterocycles. The number of furan rings is 1. The van der Waals surface area contributed by atoms with Gasteiger partial charge in [0.1, 0.15) is 0 Å². The Hall–Kier alpha value is -2.76. The van der Waals surface area contributed by atoms with Crippen LogP contribution in [0.3, 0.4) is 0 Å². The quantitative estimate of drug-likeness (QED) is 0.667. The van der Waals surface area contributed by atoms with E-state index < -0.39 is 11.8 Å². The smallest absolute Gasteiger partial charge is 0.291 e. The van der Waals surface area contributed by atoms with Crippen molar-refractivity contribution in [3.8, 4) is 0 Å². The van der Waals surface area contributed by atoms with Crippen LogP contribution < -0.4 is 10.6 Å². The van der Waals surface area contributed by atoms with Gasteiger partial charge in [0.15, 0.2) is 5.76 Å². The standard InChI is InChI=1S/C18H12Cl2N2O3/c19-11-3-1-4-13(9-11)21-17(23)14-10-12(20)6-7-15(14)22-18(24)16-5-2-8-25-16/h1-10H,(H,21,23)(H,22,24). The van der Waals surface area contributed by atoms with Gasteiger partial charge in [-0.1, -0.05) is 29.3 Å². The van der Waals surface area contributed by atoms with E-state index in [0.29, 0.717) is 21.4 Å². The summed E-state index contributed by atoms with van der Waals surface area (Å²) in [6, 6.07) is 14.5. The molecular formula is C18H12Cl2N2O3. The number of carbonyl (C=O) groups excluding carboxylic acids is 2. The van der Waals surface area contributed by atoms with Gasteiger partial charge in [0, 0.05) is 15.7 Å². The molecule has 0 aliphatic carbocycles. The van der Waals surface area contributed by atoms with Crippen molar-refractivity contribution >= 4 is 46.4 Å². The molecule has 2 amide bonds. The maximum Gasteiger partial charge on any atom is 0.291 e. The Labute approximate surface area is 153 Å². The molecule has 0 radical (unpaired) electrons. The third-order valence-electron chi connectivity index (χ3n) is 3.30. The minimum absolute atomic E-state index is 0.135. The summed E-state index contributed by atoms with van der Waals surface area (Å²) in [7, 11) is 0. The van der Waals surface area contributed by atoms with Gasteiger partial charge in [-0.05, 0) is 48.5 Å². The molecule has 0 aliphatic rings. The maximum atomic E-state index is 12.6. The topological polar surface area (TPSA) is 71.3 Å². The fourth-order valence-electron chi connectivity index (χ4n) is 2.17. The molecule has 0 unspecified atom stereocenters. The minimum atomic E-state index is -0.468. The van der Waals surface area contributed by atoms with Crippen molar-refractivity contribution in [3.63, 3.8) is 0 Å². The Morgan fingerprint density at radius 1 is 0.840 bits per heavy atom. The van der Waals surface area contributed by atoms with Gasteiger partial charge < -0.3 is 15.1 Å². The number of amides is 2. The molecule has 2 N–H and O–H groups in total. The van der Waals surface area contributed by atoms with Gasteiger partial charge in [-0.3, -0.25) is 9.59 Å². The molecule has 2 aromatic carbocycles. The summed E-state index contributed by atoms with van der Waals surface area (Å²) in [6.07, 6.45) is 1.39. The lowest BCUT2D eigenvalue weighted by Crippen LogP contribution is -2.18. The fraction of sp³-hybridized carbons (Fsp3) is 0. The van der Waals surface area contributed by atoms with Crippen LogP contribution in [0.2, 0.25) is 10.0 Å². The molecule has 5 nitrogen and oxygen atoms in total. The van der Waals surface area contributed by atoms with Gasteiger partial charge in [-0.25, -0.2) is 0 Å². The molecule has 7 heteroatoms. The number of nitrogens with one attached hydrogen (secondary N) is 2. The zero-order valence-corrected chi connectivity index (χ0v) is 14.3. The first-order chi connectivity index (χ1) is 12.0. The highest BCUT2D eigenvalue weighted by Gasteiger charge is 2.16. The van der Waals surface area contributed by atoms with E-state index in [9.17, 15) is 9.59 Å². The molecule has 0 saturated carbocycles. The van der Waals surface area contributed by atoms with Crippen LogP contribution in [0.1, 0.15) is 20.9 Å². The molecule has 25 heavy (non-hydrogen) atoms. The van der Waals surface area contributed by atoms with E-state index in [2.05, 4.69) is 10.6 Å². The SMILES string of the molecule is O=C(Nc1ccc(Cl)cc1C(=O)Nc1cccc(Cl)c1)c1ccco1. The normalized spacial score (nSPS) is 10.3. The second-order valence-corrected chi connectivity index (χ2v) is 5.96. The van der Waals surface area contributed by atoms with Crippen LogP contribution in [0.15, 0.2) is 65.3 Å². The van der Waals surface area contributed by atoms with Crippen molar-refractivity contribution in [2.24, 2.45) is 0 Å². The molecule has 0 atom stereocenters. The first-order valence-corrected chi connectivity index (χ1v) is 8.00. The van der Waals surface area contributed by atoms with E-state index in [-0.39, 0.29) is 11.3 Å². The lowest BCUT2D eigenvalue weighted by molar-refractivity contribution is 0.0996. The van der Waals surface area contributed by atoms with Crippen molar-refractivity contribution in [2.75, 3.05) is 10.6 Å². The van der Waals surface area contributed by atoms with Crippen molar-refractivity contribution < 1.29 is 14.0 Å². The van der Waals surface area contributed by atoms with Gasteiger partial charge in [-0.15, -0.1) is 0 Å². The van der Waals surface area contributed by atoms with Crippen LogP contribution in [0.5, 0.6) is 0 Å². The number of hydrogen-bond donors (Lipinski definition) is 2. The van der Waals surface area contributed by atoms with Crippen LogP contribution in [0.4, 0.5) is 11.4 Å². The average molecular weight is 375 g/mol. The van der Waals surface area contributed by atoms with E-state index in [1.165, 1.54) is 18.4 Å². The summed E-state index contributed by atoms with van der Waals surface area (Å²) in [5, 5.41) is 6.22. The number of halogens is 2. The Balaban J connectivity index is 1.85. The van der Waals surface area contributed by atoms with E-state index >= 15 is 0 Å². The third kappa shape index (κ3) is 4.21. The molecule has 0 spiro atoms. The third-order valence-corrected chi connectivity index (χ3v) is 3.77. The van der Waals surface area contributed by atoms with Gasteiger partial charge in [0.2, 0.25) is 0 Å². The van der Waals surface area contributed by atoms with E-state index in [0.717, 1.165) is 0 Å². The molecule has 1 aromatic heterocycles. The summed E-state index contributed by atoms with van der Waals surface area (Å²) >= 11 is 11.9. The summed E-state index contributed by atoms with van der Waals surface area (Å²) in [5.74, 6) is -0.764. The number of hydrogen-bond acceptors (Lipinski definition) is 3. The largest absolute Gasteiger partial charge is 0.459 e. The molecular weight excluding hydrogens is 363 g/mol. The molecule has 0 fully saturated rings. The predicted octanol–water partition coefficient (Wildman–Crippen LogP) is 5.09. The average Bonchev–Trinajstić information content (AvgIpc) is 3.11. The van der Waals surface area contributed by atoms with E-state index in [4.69, 9.17) is 27.6 Å². The van der Waals surface area contributed by atoms with Crippen LogP contribution in [-0.4, -0.2) is 11.8 Å². The molecule has 0 saturated heterocycles. The predicted molar refractivity (Wildman–Crippen MR) is 97.5 cm³/mol. The Bertz CT molecular complexity index is 924. The van der Waals surface area contributed by atoms with Gasteiger partial charge in [-0.2, -0.15) is 0 Å². The van der Waals surface area contributed by atoms with Crippen LogP contribution in [0.25, 0.3) is 0 Å². The van der Waals surface area contributed by atoms with Crippen molar-refractivity contribution in [1.82, 2.24) is 0 Å². The number of benzene rings is 2. The van der Waals surface area contributed by atoms with Crippen molar-refractivity contribution in [2.45, 2.75) is 0 Å². The van der Waals surface area contributed by atoms with E-state index in [1.54, 1.807) is 42.5 Å². The van der Waals surface area contributed by atoms with Gasteiger partial charge in [0.05, 0.1) is 17.5 Å². The Morgan fingerprint density at radius 3 is 2.36 bits per heavy atom. The second-order valence-electron chi connectivity index (χ2n) is 5.09. The van der Waals surface area contributed by atoms with Crippen LogP contribution >= 0.6 is 23.2 Å². The highest BCUT2D eigenvalue weighted by molar-refractivity contribution is 6.31. The molecule has 3 aromatic rings. The fourth-order valence-corrected chi connectivity index (χ4v) is 2.53. The van der Waals surface area contributed by atoms with Crippen LogP contribution in [-0.2, 0) is 0 Å². The lowest BCUT2D eigenvalue weighted by Gasteiger charge is -2.11. The van der Waals surface area contributed by atoms with Crippen molar-refractivity contribution in [3.05, 3.63) is 82.2 Å². The van der Waals surface area contributed by atoms with Crippen molar-refractivity contribution in [1.29, 1.82) is 0 Å². The highest BCUT2D eigenvalue weighted by atomic mass is 35.5. The number of rotatable bonds is 4. The number of carbonyl (C=O) groups is 2. The first kappa shape index (κ1) is 17.1. The number of anilines is 2. The molecule has 126 valence electrons.